The summed E-state index contributed by atoms with van der Waals surface area (Å²) in [5.74, 6) is -4.44. The maximum Gasteiger partial charge on any atom is 0.326 e. The first kappa shape index (κ1) is 25.2. The van der Waals surface area contributed by atoms with Crippen LogP contribution in [0.1, 0.15) is 41.4 Å². The Labute approximate surface area is 202 Å². The number of carboxylic acid groups (broad SMARTS) is 1. The van der Waals surface area contributed by atoms with Gasteiger partial charge >= 0.3 is 5.97 Å². The molecule has 0 heterocycles. The first-order chi connectivity index (χ1) is 16.0. The Kier molecular flexibility index (Phi) is 7.57. The Morgan fingerprint density at radius 2 is 1.65 bits per heavy atom. The molecule has 5 nitrogen and oxygen atoms in total. The van der Waals surface area contributed by atoms with Crippen LogP contribution in [0, 0.1) is 18.6 Å². The lowest BCUT2D eigenvalue weighted by Gasteiger charge is -2.22. The van der Waals surface area contributed by atoms with Crippen LogP contribution in [0.3, 0.4) is 0 Å². The normalized spacial score (nSPS) is 12.7. The van der Waals surface area contributed by atoms with Gasteiger partial charge in [0.2, 0.25) is 0 Å². The van der Waals surface area contributed by atoms with Crippen molar-refractivity contribution in [3.63, 3.8) is 0 Å². The minimum Gasteiger partial charge on any atom is -0.480 e. The zero-order valence-corrected chi connectivity index (χ0v) is 20.0. The third kappa shape index (κ3) is 5.37. The number of nitrogens with one attached hydrogen (secondary N) is 1. The number of amides is 1. The highest BCUT2D eigenvalue weighted by Gasteiger charge is 2.28. The maximum absolute atomic E-state index is 14.8. The van der Waals surface area contributed by atoms with E-state index in [-0.39, 0.29) is 11.6 Å². The molecule has 178 valence electrons. The van der Waals surface area contributed by atoms with E-state index >= 15 is 0 Å². The molecule has 0 aromatic heterocycles. The molecule has 3 rings (SSSR count). The van der Waals surface area contributed by atoms with Crippen LogP contribution in [0.15, 0.2) is 54.6 Å². The molecule has 0 radical (unpaired) electrons. The summed E-state index contributed by atoms with van der Waals surface area (Å²) in [5, 5.41) is 13.1. The van der Waals surface area contributed by atoms with E-state index in [0.29, 0.717) is 10.6 Å². The number of carboxylic acids is 1. The predicted octanol–water partition coefficient (Wildman–Crippen LogP) is 6.31. The van der Waals surface area contributed by atoms with Crippen LogP contribution in [0.2, 0.25) is 5.02 Å². The number of hydrogen-bond acceptors (Lipinski definition) is 3. The molecule has 0 aliphatic carbocycles. The summed E-state index contributed by atoms with van der Waals surface area (Å²) in [6.45, 7) is 5.18. The quantitative estimate of drug-likeness (QED) is 0.410. The van der Waals surface area contributed by atoms with E-state index in [1.807, 2.05) is 38.1 Å². The van der Waals surface area contributed by atoms with Crippen LogP contribution in [0.25, 0.3) is 11.1 Å². The molecule has 8 heteroatoms. The lowest BCUT2D eigenvalue weighted by Crippen LogP contribution is -2.41. The number of carbonyl (C=O) groups is 2. The molecule has 1 amide bonds. The summed E-state index contributed by atoms with van der Waals surface area (Å²) < 4.78 is 29.6. The number of rotatable bonds is 7. The summed E-state index contributed by atoms with van der Waals surface area (Å²) in [4.78, 5) is 24.4. The Balaban J connectivity index is 1.87. The highest BCUT2D eigenvalue weighted by molar-refractivity contribution is 6.31. The van der Waals surface area contributed by atoms with Crippen LogP contribution in [-0.4, -0.2) is 35.0 Å². The number of aliphatic carboxylic acids is 1. The van der Waals surface area contributed by atoms with Gasteiger partial charge in [-0.2, -0.15) is 0 Å². The van der Waals surface area contributed by atoms with Crippen molar-refractivity contribution in [1.82, 2.24) is 4.90 Å². The van der Waals surface area contributed by atoms with Crippen LogP contribution in [0.5, 0.6) is 0 Å². The molecule has 0 fully saturated rings. The molecule has 3 aromatic rings. The van der Waals surface area contributed by atoms with Gasteiger partial charge in [0.15, 0.2) is 0 Å². The topological polar surface area (TPSA) is 69.6 Å². The molecular formula is C26H25ClF2N2O3. The average Bonchev–Trinajstić information content (AvgIpc) is 2.79. The minimum absolute atomic E-state index is 0.0496. The van der Waals surface area contributed by atoms with Gasteiger partial charge in [-0.1, -0.05) is 35.9 Å². The Morgan fingerprint density at radius 3 is 2.24 bits per heavy atom. The Bertz CT molecular complexity index is 1230. The number of carbonyl (C=O) groups excluding carboxylic acids is 1. The highest BCUT2D eigenvalue weighted by atomic mass is 35.5. The van der Waals surface area contributed by atoms with Crippen molar-refractivity contribution in [3.05, 3.63) is 87.9 Å². The number of halogens is 3. The molecule has 0 spiro atoms. The van der Waals surface area contributed by atoms with Crippen LogP contribution >= 0.6 is 11.6 Å². The van der Waals surface area contributed by atoms with Gasteiger partial charge in [-0.25, -0.2) is 13.6 Å². The monoisotopic (exact) mass is 486 g/mol. The van der Waals surface area contributed by atoms with Crippen LogP contribution in [0.4, 0.5) is 14.5 Å². The summed E-state index contributed by atoms with van der Waals surface area (Å²) in [7, 11) is 1.19. The van der Waals surface area contributed by atoms with Crippen LogP contribution < -0.4 is 5.32 Å². The van der Waals surface area contributed by atoms with Crippen molar-refractivity contribution in [2.24, 2.45) is 0 Å². The van der Waals surface area contributed by atoms with Gasteiger partial charge in [0.1, 0.15) is 23.2 Å². The molecule has 3 aromatic carbocycles. The average molecular weight is 487 g/mol. The SMILES string of the molecule is Cc1cc(C(C)Nc2cccc(-c3cc(F)c(C(=O)N(C)[C@@H](C)C(=O)O)c(F)c3)c2)ccc1Cl. The zero-order chi connectivity index (χ0) is 25.2. The van der Waals surface area contributed by atoms with Gasteiger partial charge in [0.05, 0.1) is 0 Å². The van der Waals surface area contributed by atoms with Gasteiger partial charge in [-0.3, -0.25) is 4.79 Å². The van der Waals surface area contributed by atoms with Crippen molar-refractivity contribution in [3.8, 4) is 11.1 Å². The van der Waals surface area contributed by atoms with E-state index in [9.17, 15) is 18.4 Å². The highest BCUT2D eigenvalue weighted by Crippen LogP contribution is 2.29. The van der Waals surface area contributed by atoms with Crippen molar-refractivity contribution < 1.29 is 23.5 Å². The van der Waals surface area contributed by atoms with E-state index < -0.39 is 35.1 Å². The smallest absolute Gasteiger partial charge is 0.326 e. The lowest BCUT2D eigenvalue weighted by molar-refractivity contribution is -0.141. The zero-order valence-electron chi connectivity index (χ0n) is 19.2. The summed E-state index contributed by atoms with van der Waals surface area (Å²) in [5.41, 5.74) is 2.75. The van der Waals surface area contributed by atoms with Crippen LogP contribution in [-0.2, 0) is 4.79 Å². The van der Waals surface area contributed by atoms with Crippen molar-refractivity contribution in [2.45, 2.75) is 32.9 Å². The second-order valence-corrected chi connectivity index (χ2v) is 8.61. The van der Waals surface area contributed by atoms with Gasteiger partial charge in [-0.15, -0.1) is 0 Å². The van der Waals surface area contributed by atoms with Gasteiger partial charge in [-0.05, 0) is 73.4 Å². The first-order valence-corrected chi connectivity index (χ1v) is 11.0. The molecule has 1 unspecified atom stereocenters. The molecule has 2 atom stereocenters. The van der Waals surface area contributed by atoms with Crippen molar-refractivity contribution in [1.29, 1.82) is 0 Å². The second kappa shape index (κ2) is 10.2. The maximum atomic E-state index is 14.8. The predicted molar refractivity (Wildman–Crippen MR) is 129 cm³/mol. The molecule has 0 bridgehead atoms. The van der Waals surface area contributed by atoms with Gasteiger partial charge < -0.3 is 15.3 Å². The van der Waals surface area contributed by atoms with Crippen molar-refractivity contribution >= 4 is 29.2 Å². The van der Waals surface area contributed by atoms with E-state index in [1.165, 1.54) is 14.0 Å². The lowest BCUT2D eigenvalue weighted by atomic mass is 10.0. The molecule has 2 N–H and O–H groups in total. The number of aryl methyl sites for hydroxylation is 1. The molecule has 0 aliphatic rings. The molecule has 0 saturated carbocycles. The largest absolute Gasteiger partial charge is 0.480 e. The fourth-order valence-electron chi connectivity index (χ4n) is 3.52. The fraction of sp³-hybridized carbons (Fsp3) is 0.231. The van der Waals surface area contributed by atoms with Crippen molar-refractivity contribution in [2.75, 3.05) is 12.4 Å². The third-order valence-corrected chi connectivity index (χ3v) is 6.20. The number of benzene rings is 3. The van der Waals surface area contributed by atoms with Gasteiger partial charge in [0, 0.05) is 23.8 Å². The van der Waals surface area contributed by atoms with E-state index in [1.54, 1.807) is 18.2 Å². The molecule has 0 aliphatic heterocycles. The fourth-order valence-corrected chi connectivity index (χ4v) is 3.64. The third-order valence-electron chi connectivity index (χ3n) is 5.78. The number of anilines is 1. The first-order valence-electron chi connectivity index (χ1n) is 10.6. The van der Waals surface area contributed by atoms with E-state index in [2.05, 4.69) is 5.32 Å². The Morgan fingerprint density at radius 1 is 1.00 bits per heavy atom. The molecule has 0 saturated heterocycles. The summed E-state index contributed by atoms with van der Waals surface area (Å²) in [6, 6.07) is 13.7. The van der Waals surface area contributed by atoms with E-state index in [0.717, 1.165) is 33.8 Å². The number of nitrogens with zero attached hydrogens (tertiary/aromatic N) is 1. The second-order valence-electron chi connectivity index (χ2n) is 8.20. The summed E-state index contributed by atoms with van der Waals surface area (Å²) in [6.07, 6.45) is 0. The number of likely N-dealkylation sites (N-methyl/N-ethyl adjacent to an activating group) is 1. The minimum atomic E-state index is -1.28. The summed E-state index contributed by atoms with van der Waals surface area (Å²) >= 11 is 6.11. The Hall–Kier alpha value is -3.45. The van der Waals surface area contributed by atoms with E-state index in [4.69, 9.17) is 16.7 Å². The van der Waals surface area contributed by atoms with Gasteiger partial charge in [0.25, 0.3) is 5.91 Å². The number of hydrogen-bond donors (Lipinski definition) is 2. The molecule has 34 heavy (non-hydrogen) atoms. The standard InChI is InChI=1S/C26H25ClF2N2O3/c1-14-10-17(8-9-21(14)27)15(2)30-20-7-5-6-18(11-20)19-12-22(28)24(23(29)13-19)25(32)31(4)16(3)26(33)34/h5-13,15-16,30H,1-4H3,(H,33,34)/t15?,16-/m0/s1. The molecular weight excluding hydrogens is 462 g/mol.